The molecule has 96 valence electrons. The molecule has 0 aromatic heterocycles. The Labute approximate surface area is 111 Å². The summed E-state index contributed by atoms with van der Waals surface area (Å²) in [5.74, 6) is 0. The summed E-state index contributed by atoms with van der Waals surface area (Å²) in [4.78, 5) is 0. The van der Waals surface area contributed by atoms with Crippen LogP contribution in [-0.2, 0) is 0 Å². The second-order valence-corrected chi connectivity index (χ2v) is 4.76. The Morgan fingerprint density at radius 3 is 2.72 bits per heavy atom. The normalized spacial score (nSPS) is 12.1. The average molecular weight is 241 g/mol. The lowest BCUT2D eigenvalue weighted by atomic mass is 10.0. The van der Waals surface area contributed by atoms with E-state index in [0.29, 0.717) is 5.70 Å². The first kappa shape index (κ1) is 14.3. The maximum atomic E-state index is 5.54. The van der Waals surface area contributed by atoms with Crippen molar-refractivity contribution in [2.45, 2.75) is 33.6 Å². The van der Waals surface area contributed by atoms with Gasteiger partial charge >= 0.3 is 0 Å². The third-order valence-corrected chi connectivity index (χ3v) is 2.84. The monoisotopic (exact) mass is 241 g/mol. The number of allylic oxidation sites excluding steroid dienone is 2. The Morgan fingerprint density at radius 1 is 1.39 bits per heavy atom. The molecule has 2 N–H and O–H groups in total. The molecule has 1 rings (SSSR count). The zero-order valence-electron chi connectivity index (χ0n) is 11.7. The van der Waals surface area contributed by atoms with Gasteiger partial charge < -0.3 is 5.73 Å². The highest BCUT2D eigenvalue weighted by molar-refractivity contribution is 5.62. The molecule has 1 aromatic carbocycles. The Kier molecular flexibility index (Phi) is 5.44. The molecule has 0 heterocycles. The Hall–Kier alpha value is -1.76. The average Bonchev–Trinajstić information content (AvgIpc) is 2.30. The SMILES string of the molecule is C=C(N)/C=C/c1ccc(C)c(/C=C(\C)CCC)c1. The van der Waals surface area contributed by atoms with Gasteiger partial charge in [-0.1, -0.05) is 49.8 Å². The molecule has 0 fully saturated rings. The first-order valence-corrected chi connectivity index (χ1v) is 6.43. The van der Waals surface area contributed by atoms with Gasteiger partial charge in [0.2, 0.25) is 0 Å². The van der Waals surface area contributed by atoms with Crippen LogP contribution in [-0.4, -0.2) is 0 Å². The molecule has 0 saturated heterocycles. The van der Waals surface area contributed by atoms with Crippen LogP contribution in [0.4, 0.5) is 0 Å². The van der Waals surface area contributed by atoms with Crippen LogP contribution in [0.1, 0.15) is 43.4 Å². The van der Waals surface area contributed by atoms with Gasteiger partial charge in [-0.2, -0.15) is 0 Å². The van der Waals surface area contributed by atoms with Crippen molar-refractivity contribution in [1.29, 1.82) is 0 Å². The summed E-state index contributed by atoms with van der Waals surface area (Å²) >= 11 is 0. The summed E-state index contributed by atoms with van der Waals surface area (Å²) < 4.78 is 0. The first-order chi connectivity index (χ1) is 8.52. The molecule has 1 heteroatoms. The van der Waals surface area contributed by atoms with E-state index in [9.17, 15) is 0 Å². The number of benzene rings is 1. The fourth-order valence-corrected chi connectivity index (χ4v) is 1.85. The fourth-order valence-electron chi connectivity index (χ4n) is 1.85. The molecule has 1 nitrogen and oxygen atoms in total. The lowest BCUT2D eigenvalue weighted by Crippen LogP contribution is -1.89. The zero-order chi connectivity index (χ0) is 13.5. The quantitative estimate of drug-likeness (QED) is 0.744. The van der Waals surface area contributed by atoms with E-state index in [0.717, 1.165) is 12.0 Å². The number of hydrogen-bond donors (Lipinski definition) is 1. The first-order valence-electron chi connectivity index (χ1n) is 6.43. The largest absolute Gasteiger partial charge is 0.399 e. The second kappa shape index (κ2) is 6.85. The minimum atomic E-state index is 0.579. The maximum absolute atomic E-state index is 5.54. The summed E-state index contributed by atoms with van der Waals surface area (Å²) in [6.07, 6.45) is 8.44. The van der Waals surface area contributed by atoms with E-state index in [-0.39, 0.29) is 0 Å². The van der Waals surface area contributed by atoms with Crippen LogP contribution in [0.5, 0.6) is 0 Å². The van der Waals surface area contributed by atoms with Gasteiger partial charge in [-0.05, 0) is 49.1 Å². The van der Waals surface area contributed by atoms with Gasteiger partial charge in [-0.3, -0.25) is 0 Å². The van der Waals surface area contributed by atoms with Crippen molar-refractivity contribution in [3.05, 3.63) is 58.8 Å². The Bertz CT molecular complexity index is 478. The van der Waals surface area contributed by atoms with Crippen molar-refractivity contribution in [3.63, 3.8) is 0 Å². The van der Waals surface area contributed by atoms with Gasteiger partial charge in [-0.15, -0.1) is 0 Å². The third kappa shape index (κ3) is 4.62. The summed E-state index contributed by atoms with van der Waals surface area (Å²) in [5.41, 5.74) is 11.3. The lowest BCUT2D eigenvalue weighted by molar-refractivity contribution is 0.911. The van der Waals surface area contributed by atoms with Crippen LogP contribution in [0, 0.1) is 6.92 Å². The van der Waals surface area contributed by atoms with E-state index in [1.54, 1.807) is 0 Å². The van der Waals surface area contributed by atoms with Gasteiger partial charge in [0.25, 0.3) is 0 Å². The van der Waals surface area contributed by atoms with Crippen LogP contribution >= 0.6 is 0 Å². The van der Waals surface area contributed by atoms with Crippen LogP contribution in [0.3, 0.4) is 0 Å². The second-order valence-electron chi connectivity index (χ2n) is 4.76. The van der Waals surface area contributed by atoms with E-state index in [4.69, 9.17) is 5.73 Å². The van der Waals surface area contributed by atoms with Gasteiger partial charge in [-0.25, -0.2) is 0 Å². The van der Waals surface area contributed by atoms with Crippen molar-refractivity contribution in [2.24, 2.45) is 5.73 Å². The highest BCUT2D eigenvalue weighted by Gasteiger charge is 1.97. The Morgan fingerprint density at radius 2 is 2.11 bits per heavy atom. The van der Waals surface area contributed by atoms with E-state index in [1.165, 1.54) is 23.1 Å². The van der Waals surface area contributed by atoms with Crippen LogP contribution in [0.2, 0.25) is 0 Å². The van der Waals surface area contributed by atoms with Crippen LogP contribution < -0.4 is 5.73 Å². The van der Waals surface area contributed by atoms with Crippen LogP contribution in [0.25, 0.3) is 12.2 Å². The van der Waals surface area contributed by atoms with Crippen molar-refractivity contribution in [2.75, 3.05) is 0 Å². The molecule has 0 aliphatic carbocycles. The van der Waals surface area contributed by atoms with Crippen molar-refractivity contribution in [3.8, 4) is 0 Å². The summed E-state index contributed by atoms with van der Waals surface area (Å²) in [7, 11) is 0. The minimum absolute atomic E-state index is 0.579. The summed E-state index contributed by atoms with van der Waals surface area (Å²) in [5, 5.41) is 0. The summed E-state index contributed by atoms with van der Waals surface area (Å²) in [6.45, 7) is 10.2. The van der Waals surface area contributed by atoms with E-state index in [2.05, 4.69) is 51.6 Å². The molecule has 0 aliphatic rings. The standard InChI is InChI=1S/C17H23N/c1-5-6-13(2)11-17-12-16(9-7-14(17)3)10-8-15(4)18/h7-12H,4-6,18H2,1-3H3/b10-8+,13-11+. The molecule has 0 unspecified atom stereocenters. The Balaban J connectivity index is 3.01. The molecule has 0 aliphatic heterocycles. The molecule has 0 amide bonds. The molecule has 0 radical (unpaired) electrons. The molecular weight excluding hydrogens is 218 g/mol. The van der Waals surface area contributed by atoms with Crippen molar-refractivity contribution in [1.82, 2.24) is 0 Å². The van der Waals surface area contributed by atoms with Crippen molar-refractivity contribution >= 4 is 12.2 Å². The van der Waals surface area contributed by atoms with E-state index in [1.807, 2.05) is 12.2 Å². The smallest absolute Gasteiger partial charge is 0.0241 e. The lowest BCUT2D eigenvalue weighted by Gasteiger charge is -2.05. The van der Waals surface area contributed by atoms with Gasteiger partial charge in [0.15, 0.2) is 0 Å². The zero-order valence-corrected chi connectivity index (χ0v) is 11.7. The van der Waals surface area contributed by atoms with E-state index >= 15 is 0 Å². The minimum Gasteiger partial charge on any atom is -0.399 e. The summed E-state index contributed by atoms with van der Waals surface area (Å²) in [6, 6.07) is 6.43. The van der Waals surface area contributed by atoms with Crippen molar-refractivity contribution < 1.29 is 0 Å². The predicted molar refractivity (Wildman–Crippen MR) is 82.1 cm³/mol. The topological polar surface area (TPSA) is 26.0 Å². The molecule has 1 aromatic rings. The maximum Gasteiger partial charge on any atom is 0.0241 e. The highest BCUT2D eigenvalue weighted by Crippen LogP contribution is 2.18. The van der Waals surface area contributed by atoms with Crippen LogP contribution in [0.15, 0.2) is 42.1 Å². The van der Waals surface area contributed by atoms with Gasteiger partial charge in [0.1, 0.15) is 0 Å². The number of rotatable bonds is 5. The predicted octanol–water partition coefficient (Wildman–Crippen LogP) is 4.68. The molecule has 18 heavy (non-hydrogen) atoms. The van der Waals surface area contributed by atoms with E-state index < -0.39 is 0 Å². The number of nitrogens with two attached hydrogens (primary N) is 1. The molecule has 0 atom stereocenters. The molecular formula is C17H23N. The molecule has 0 saturated carbocycles. The number of aryl methyl sites for hydroxylation is 1. The fraction of sp³-hybridized carbons (Fsp3) is 0.294. The van der Waals surface area contributed by atoms with Gasteiger partial charge in [0.05, 0.1) is 0 Å². The number of hydrogen-bond acceptors (Lipinski definition) is 1. The molecule has 0 bridgehead atoms. The van der Waals surface area contributed by atoms with Gasteiger partial charge in [0, 0.05) is 5.70 Å². The third-order valence-electron chi connectivity index (χ3n) is 2.84. The highest BCUT2D eigenvalue weighted by atomic mass is 14.5. The molecule has 0 spiro atoms.